The molecule has 3 amide bonds. The normalized spacial score (nSPS) is 20.4. The fourth-order valence-corrected chi connectivity index (χ4v) is 4.13. The first-order valence-electron chi connectivity index (χ1n) is 10.5. The average Bonchev–Trinajstić information content (AvgIpc) is 3.12. The van der Waals surface area contributed by atoms with Gasteiger partial charge >= 0.3 is 0 Å². The molecule has 2 aliphatic rings. The maximum absolute atomic E-state index is 13.5. The quantitative estimate of drug-likeness (QED) is 0.706. The molecular formula is C22H31N3O5. The van der Waals surface area contributed by atoms with Crippen molar-refractivity contribution in [2.45, 2.75) is 44.9 Å². The highest BCUT2D eigenvalue weighted by atomic mass is 16.5. The Hall–Kier alpha value is -2.45. The maximum atomic E-state index is 13.5. The number of amides is 3. The summed E-state index contributed by atoms with van der Waals surface area (Å²) in [6.45, 7) is 5.70. The summed E-state index contributed by atoms with van der Waals surface area (Å²) in [7, 11) is 1.57. The number of benzene rings is 1. The molecule has 2 saturated heterocycles. The molecule has 8 nitrogen and oxygen atoms in total. The number of hydrogen-bond acceptors (Lipinski definition) is 5. The predicted octanol–water partition coefficient (Wildman–Crippen LogP) is 1.33. The second-order valence-electron chi connectivity index (χ2n) is 7.83. The number of rotatable bonds is 6. The molecule has 0 saturated carbocycles. The molecule has 0 aliphatic carbocycles. The van der Waals surface area contributed by atoms with E-state index in [0.29, 0.717) is 51.1 Å². The summed E-state index contributed by atoms with van der Waals surface area (Å²) in [6.07, 6.45) is 1.42. The molecule has 1 spiro atoms. The highest BCUT2D eigenvalue weighted by Crippen LogP contribution is 2.38. The maximum Gasteiger partial charge on any atom is 0.256 e. The smallest absolute Gasteiger partial charge is 0.256 e. The Morgan fingerprint density at radius 2 is 1.87 bits per heavy atom. The van der Waals surface area contributed by atoms with Gasteiger partial charge in [-0.05, 0) is 19.1 Å². The lowest BCUT2D eigenvalue weighted by Crippen LogP contribution is -2.60. The van der Waals surface area contributed by atoms with Crippen LogP contribution in [0.5, 0.6) is 0 Å². The van der Waals surface area contributed by atoms with Gasteiger partial charge in [-0.1, -0.05) is 24.6 Å². The molecule has 30 heavy (non-hydrogen) atoms. The van der Waals surface area contributed by atoms with Gasteiger partial charge in [-0.15, -0.1) is 0 Å². The summed E-state index contributed by atoms with van der Waals surface area (Å²) in [5, 5.41) is 2.83. The predicted molar refractivity (Wildman–Crippen MR) is 111 cm³/mol. The molecule has 1 aromatic carbocycles. The fraction of sp³-hybridized carbons (Fsp3) is 0.591. The molecule has 2 aliphatic heterocycles. The SMILES string of the molecule is CCC(=O)N1CCC2(CC1)OCC(C(=O)NCCOC)N2C(=O)c1ccc(C)cc1. The summed E-state index contributed by atoms with van der Waals surface area (Å²) in [4.78, 5) is 41.9. The van der Waals surface area contributed by atoms with Gasteiger partial charge < -0.3 is 19.7 Å². The molecule has 0 radical (unpaired) electrons. The highest BCUT2D eigenvalue weighted by molar-refractivity contribution is 5.98. The van der Waals surface area contributed by atoms with E-state index in [4.69, 9.17) is 9.47 Å². The first-order valence-corrected chi connectivity index (χ1v) is 10.5. The Morgan fingerprint density at radius 1 is 1.20 bits per heavy atom. The number of likely N-dealkylation sites (tertiary alicyclic amines) is 1. The highest BCUT2D eigenvalue weighted by Gasteiger charge is 2.54. The van der Waals surface area contributed by atoms with Crippen molar-refractivity contribution in [3.05, 3.63) is 35.4 Å². The third kappa shape index (κ3) is 4.49. The van der Waals surface area contributed by atoms with Crippen molar-refractivity contribution in [1.29, 1.82) is 0 Å². The zero-order valence-corrected chi connectivity index (χ0v) is 18.0. The number of aryl methyl sites for hydroxylation is 1. The first-order chi connectivity index (χ1) is 14.4. The minimum absolute atomic E-state index is 0.0908. The van der Waals surface area contributed by atoms with E-state index in [1.807, 2.05) is 26.0 Å². The van der Waals surface area contributed by atoms with Crippen LogP contribution in [0.2, 0.25) is 0 Å². The van der Waals surface area contributed by atoms with E-state index in [9.17, 15) is 14.4 Å². The van der Waals surface area contributed by atoms with Crippen LogP contribution in [0.1, 0.15) is 42.1 Å². The van der Waals surface area contributed by atoms with Crippen molar-refractivity contribution in [3.63, 3.8) is 0 Å². The number of hydrogen-bond donors (Lipinski definition) is 1. The second-order valence-corrected chi connectivity index (χ2v) is 7.83. The molecule has 2 fully saturated rings. The standard InChI is InChI=1S/C22H31N3O5/c1-4-19(26)24-12-9-22(10-13-24)25(21(28)17-7-5-16(2)6-8-17)18(15-30-22)20(27)23-11-14-29-3/h5-8,18H,4,9-15H2,1-3H3,(H,23,27). The number of piperidine rings is 1. The number of carbonyl (C=O) groups is 3. The molecule has 1 aromatic rings. The number of nitrogens with one attached hydrogen (secondary N) is 1. The lowest BCUT2D eigenvalue weighted by molar-refractivity contribution is -0.143. The Labute approximate surface area is 177 Å². The van der Waals surface area contributed by atoms with Crippen LogP contribution in [-0.2, 0) is 19.1 Å². The van der Waals surface area contributed by atoms with E-state index in [2.05, 4.69) is 5.32 Å². The first kappa shape index (κ1) is 22.2. The second kappa shape index (κ2) is 9.57. The molecule has 0 aromatic heterocycles. The Bertz CT molecular complexity index is 771. The molecule has 1 unspecified atom stereocenters. The molecule has 164 valence electrons. The Morgan fingerprint density at radius 3 is 2.47 bits per heavy atom. The van der Waals surface area contributed by atoms with Crippen LogP contribution < -0.4 is 5.32 Å². The van der Waals surface area contributed by atoms with E-state index in [0.717, 1.165) is 5.56 Å². The minimum Gasteiger partial charge on any atom is -0.383 e. The molecular weight excluding hydrogens is 386 g/mol. The lowest BCUT2D eigenvalue weighted by Gasteiger charge is -2.44. The molecule has 0 bridgehead atoms. The summed E-state index contributed by atoms with van der Waals surface area (Å²) in [5.41, 5.74) is 0.696. The van der Waals surface area contributed by atoms with Crippen LogP contribution in [0.25, 0.3) is 0 Å². The van der Waals surface area contributed by atoms with Gasteiger partial charge in [0.2, 0.25) is 11.8 Å². The fourth-order valence-electron chi connectivity index (χ4n) is 4.13. The van der Waals surface area contributed by atoms with Gasteiger partial charge in [0.25, 0.3) is 5.91 Å². The number of carbonyl (C=O) groups excluding carboxylic acids is 3. The van der Waals surface area contributed by atoms with Gasteiger partial charge in [0.1, 0.15) is 11.8 Å². The van der Waals surface area contributed by atoms with Crippen molar-refractivity contribution in [2.24, 2.45) is 0 Å². The van der Waals surface area contributed by atoms with E-state index < -0.39 is 11.8 Å². The minimum atomic E-state index is -0.879. The van der Waals surface area contributed by atoms with Crippen molar-refractivity contribution >= 4 is 17.7 Å². The average molecular weight is 418 g/mol. The molecule has 1 atom stereocenters. The summed E-state index contributed by atoms with van der Waals surface area (Å²) in [5.74, 6) is -0.390. The van der Waals surface area contributed by atoms with Crippen LogP contribution in [0.4, 0.5) is 0 Å². The van der Waals surface area contributed by atoms with Crippen molar-refractivity contribution in [1.82, 2.24) is 15.1 Å². The van der Waals surface area contributed by atoms with Gasteiger partial charge in [-0.25, -0.2) is 0 Å². The van der Waals surface area contributed by atoms with Gasteiger partial charge in [0.05, 0.1) is 13.2 Å². The van der Waals surface area contributed by atoms with Crippen LogP contribution in [0, 0.1) is 6.92 Å². The number of nitrogens with zero attached hydrogens (tertiary/aromatic N) is 2. The molecule has 8 heteroatoms. The zero-order valence-electron chi connectivity index (χ0n) is 18.0. The van der Waals surface area contributed by atoms with E-state index in [1.54, 1.807) is 29.0 Å². The van der Waals surface area contributed by atoms with Gasteiger partial charge in [0.15, 0.2) is 0 Å². The van der Waals surface area contributed by atoms with Crippen LogP contribution >= 0.6 is 0 Å². The van der Waals surface area contributed by atoms with E-state index in [-0.39, 0.29) is 24.3 Å². The van der Waals surface area contributed by atoms with E-state index >= 15 is 0 Å². The largest absolute Gasteiger partial charge is 0.383 e. The summed E-state index contributed by atoms with van der Waals surface area (Å²) < 4.78 is 11.1. The van der Waals surface area contributed by atoms with Crippen LogP contribution in [0.3, 0.4) is 0 Å². The summed E-state index contributed by atoms with van der Waals surface area (Å²) >= 11 is 0. The molecule has 2 heterocycles. The third-order valence-electron chi connectivity index (χ3n) is 5.89. The number of ether oxygens (including phenoxy) is 2. The van der Waals surface area contributed by atoms with E-state index in [1.165, 1.54) is 0 Å². The van der Waals surface area contributed by atoms with Gasteiger partial charge in [0, 0.05) is 51.6 Å². The van der Waals surface area contributed by atoms with Crippen molar-refractivity contribution < 1.29 is 23.9 Å². The third-order valence-corrected chi connectivity index (χ3v) is 5.89. The van der Waals surface area contributed by atoms with Crippen molar-refractivity contribution in [2.75, 3.05) is 40.0 Å². The van der Waals surface area contributed by atoms with Crippen LogP contribution in [-0.4, -0.2) is 79.2 Å². The Kier molecular flexibility index (Phi) is 7.10. The van der Waals surface area contributed by atoms with Crippen molar-refractivity contribution in [3.8, 4) is 0 Å². The monoisotopic (exact) mass is 417 g/mol. The zero-order chi connectivity index (χ0) is 21.7. The van der Waals surface area contributed by atoms with Crippen LogP contribution in [0.15, 0.2) is 24.3 Å². The summed E-state index contributed by atoms with van der Waals surface area (Å²) in [6, 6.07) is 6.60. The molecule has 3 rings (SSSR count). The molecule has 1 N–H and O–H groups in total. The lowest BCUT2D eigenvalue weighted by atomic mass is 9.96. The van der Waals surface area contributed by atoms with Gasteiger partial charge in [-0.3, -0.25) is 19.3 Å². The number of methoxy groups -OCH3 is 1. The van der Waals surface area contributed by atoms with Gasteiger partial charge in [-0.2, -0.15) is 0 Å². The topological polar surface area (TPSA) is 88.2 Å². The Balaban J connectivity index is 1.85.